The first kappa shape index (κ1) is 16.5. The van der Waals surface area contributed by atoms with Gasteiger partial charge in [0, 0.05) is 13.0 Å². The number of rotatable bonds is 6. The number of unbranched alkanes of at least 4 members (excludes halogenated alkanes) is 3. The van der Waals surface area contributed by atoms with Crippen LogP contribution in [0.3, 0.4) is 0 Å². The molecule has 98 valence electrons. The number of carbonyl (C=O) groups excluding carboxylic acids is 2. The molecular formula is C11H19N2O3W-. The van der Waals surface area contributed by atoms with E-state index in [1.54, 1.807) is 0 Å². The third-order valence-electron chi connectivity index (χ3n) is 2.13. The summed E-state index contributed by atoms with van der Waals surface area (Å²) in [5.74, 6) is -0.172. The fourth-order valence-electron chi connectivity index (χ4n) is 1.23. The van der Waals surface area contributed by atoms with Crippen LogP contribution in [-0.2, 0) is 28.9 Å². The normalized spacial score (nSPS) is 13.9. The molecule has 0 radical (unpaired) electrons. The van der Waals surface area contributed by atoms with Gasteiger partial charge in [-0.25, -0.2) is 0 Å². The second-order valence-electron chi connectivity index (χ2n) is 3.75. The second-order valence-corrected chi connectivity index (χ2v) is 5.45. The van der Waals surface area contributed by atoms with Crippen LogP contribution >= 0.6 is 0 Å². The third-order valence-corrected chi connectivity index (χ3v) is 3.19. The van der Waals surface area contributed by atoms with Gasteiger partial charge in [0.2, 0.25) is 5.91 Å². The molecule has 0 saturated carbocycles. The summed E-state index contributed by atoms with van der Waals surface area (Å²) in [6.07, 6.45) is 5.71. The van der Waals surface area contributed by atoms with Crippen molar-refractivity contribution in [2.75, 3.05) is 6.61 Å². The van der Waals surface area contributed by atoms with Crippen LogP contribution in [0.25, 0.3) is 5.32 Å². The van der Waals surface area contributed by atoms with Crippen molar-refractivity contribution in [3.05, 3.63) is 5.32 Å². The van der Waals surface area contributed by atoms with Gasteiger partial charge in [0.05, 0.1) is 0 Å². The average molecular weight is 411 g/mol. The number of amides is 2. The van der Waals surface area contributed by atoms with E-state index in [1.165, 1.54) is 19.4 Å². The van der Waals surface area contributed by atoms with Crippen molar-refractivity contribution in [3.63, 3.8) is 0 Å². The van der Waals surface area contributed by atoms with Crippen molar-refractivity contribution in [1.29, 1.82) is 0 Å². The Morgan fingerprint density at radius 2 is 1.94 bits per heavy atom. The van der Waals surface area contributed by atoms with E-state index in [2.05, 4.69) is 5.32 Å². The molecule has 0 aromatic rings. The molecule has 3 N–H and O–H groups in total. The number of nitrogens with two attached hydrogens (primary N) is 1. The van der Waals surface area contributed by atoms with Gasteiger partial charge >= 0.3 is 52.2 Å². The number of aliphatic hydroxyl groups is 1. The molecule has 6 heteroatoms. The van der Waals surface area contributed by atoms with E-state index >= 15 is 0 Å². The Hall–Kier alpha value is -0.542. The van der Waals surface area contributed by atoms with Crippen molar-refractivity contribution in [2.45, 2.75) is 44.9 Å². The van der Waals surface area contributed by atoms with E-state index in [0.717, 1.165) is 36.1 Å². The zero-order valence-electron chi connectivity index (χ0n) is 9.85. The number of carbonyl (C=O) groups is 2. The number of hydrogen-bond donors (Lipinski definition) is 2. The second kappa shape index (κ2) is 10.6. The Morgan fingerprint density at radius 3 is 2.29 bits per heavy atom. The summed E-state index contributed by atoms with van der Waals surface area (Å²) in [5.41, 5.74) is 4.92. The Kier molecular flexibility index (Phi) is 10.3. The molecule has 1 aliphatic heterocycles. The summed E-state index contributed by atoms with van der Waals surface area (Å²) in [4.78, 5) is 20.5. The number of aliphatic hydroxyl groups excluding tert-OH is 1. The predicted octanol–water partition coefficient (Wildman–Crippen LogP) is 0.772. The molecule has 1 rings (SSSR count). The number of hydrogen-bond acceptors (Lipinski definition) is 3. The molecule has 0 unspecified atom stereocenters. The quantitative estimate of drug-likeness (QED) is 0.633. The monoisotopic (exact) mass is 411 g/mol. The van der Waals surface area contributed by atoms with Crippen LogP contribution in [0, 0.1) is 0 Å². The Labute approximate surface area is 113 Å². The summed E-state index contributed by atoms with van der Waals surface area (Å²) in [6, 6.07) is 0. The minimum absolute atomic E-state index is 0.0602. The van der Waals surface area contributed by atoms with Gasteiger partial charge in [-0.05, 0) is 12.8 Å². The fraction of sp³-hybridized carbons (Fsp3) is 0.727. The Balaban J connectivity index is 0.000000318. The minimum atomic E-state index is -0.232. The summed E-state index contributed by atoms with van der Waals surface area (Å²) < 4.78 is 1.06. The predicted molar refractivity (Wildman–Crippen MR) is 62.0 cm³/mol. The molecule has 0 atom stereocenters. The molecule has 0 aromatic heterocycles. The molecule has 0 bridgehead atoms. The molecule has 17 heavy (non-hydrogen) atoms. The van der Waals surface area contributed by atoms with E-state index < -0.39 is 0 Å². The van der Waals surface area contributed by atoms with Gasteiger partial charge in [-0.15, -0.1) is 0 Å². The zero-order chi connectivity index (χ0) is 13.1. The number of primary amides is 1. The maximum absolute atomic E-state index is 10.3. The summed E-state index contributed by atoms with van der Waals surface area (Å²) >= 11 is 1.33. The van der Waals surface area contributed by atoms with Crippen LogP contribution in [0.4, 0.5) is 0 Å². The van der Waals surface area contributed by atoms with Gasteiger partial charge in [-0.2, -0.15) is 0 Å². The van der Waals surface area contributed by atoms with Gasteiger partial charge < -0.3 is 10.8 Å². The maximum atomic E-state index is 10.3. The van der Waals surface area contributed by atoms with E-state index in [9.17, 15) is 9.59 Å². The van der Waals surface area contributed by atoms with E-state index in [-0.39, 0.29) is 18.4 Å². The zero-order valence-corrected chi connectivity index (χ0v) is 12.8. The molecule has 1 aliphatic rings. The van der Waals surface area contributed by atoms with Crippen LogP contribution < -0.4 is 5.73 Å². The first-order valence-electron chi connectivity index (χ1n) is 5.73. The van der Waals surface area contributed by atoms with Gasteiger partial charge in [0.15, 0.2) is 0 Å². The first-order valence-corrected chi connectivity index (χ1v) is 7.19. The molecule has 0 spiro atoms. The topological polar surface area (TPSA) is 94.5 Å². The molecule has 0 aliphatic carbocycles. The van der Waals surface area contributed by atoms with Crippen LogP contribution in [-0.4, -0.2) is 27.5 Å². The fourth-order valence-corrected chi connectivity index (χ4v) is 1.96. The standard InChI is InChI=1S/C7H15NO2.C4H4NO.W/c8-7(10)5-3-1-2-4-6-9;6-4-2-1-3-5-4;/h9H,1-6H2,(H2,8,10);1-2H2;/q;-1;. The van der Waals surface area contributed by atoms with Gasteiger partial charge in [0.1, 0.15) is 0 Å². The average Bonchev–Trinajstić information content (AvgIpc) is 2.63. The van der Waals surface area contributed by atoms with Crippen molar-refractivity contribution >= 4 is 15.8 Å². The summed E-state index contributed by atoms with van der Waals surface area (Å²) in [5, 5.41) is 12.1. The van der Waals surface area contributed by atoms with Crippen LogP contribution in [0.2, 0.25) is 0 Å². The molecule has 5 nitrogen and oxygen atoms in total. The third kappa shape index (κ3) is 11.7. The molecular weight excluding hydrogens is 392 g/mol. The van der Waals surface area contributed by atoms with Gasteiger partial charge in [0.25, 0.3) is 0 Å². The van der Waals surface area contributed by atoms with E-state index in [0.29, 0.717) is 12.8 Å². The van der Waals surface area contributed by atoms with Gasteiger partial charge in [-0.1, -0.05) is 12.8 Å². The first-order chi connectivity index (χ1) is 8.06. The molecule has 1 fully saturated rings. The van der Waals surface area contributed by atoms with E-state index in [4.69, 9.17) is 10.8 Å². The Bertz CT molecular complexity index is 255. The van der Waals surface area contributed by atoms with Crippen molar-refractivity contribution < 1.29 is 34.0 Å². The van der Waals surface area contributed by atoms with Crippen LogP contribution in [0.5, 0.6) is 0 Å². The molecule has 0 aromatic carbocycles. The molecule has 1 saturated heterocycles. The van der Waals surface area contributed by atoms with Crippen LogP contribution in [0.15, 0.2) is 0 Å². The van der Waals surface area contributed by atoms with E-state index in [1.807, 2.05) is 0 Å². The van der Waals surface area contributed by atoms with Crippen LogP contribution in [0.1, 0.15) is 44.9 Å². The SMILES string of the molecule is NC(=O)CCCCCCO.O=C1CC[C](=[W])[N-]1. The molecule has 1 heterocycles. The van der Waals surface area contributed by atoms with Crippen molar-refractivity contribution in [2.24, 2.45) is 5.73 Å². The van der Waals surface area contributed by atoms with Crippen molar-refractivity contribution in [3.8, 4) is 0 Å². The van der Waals surface area contributed by atoms with Crippen molar-refractivity contribution in [1.82, 2.24) is 0 Å². The molecule has 2 amide bonds. The number of nitrogens with zero attached hydrogens (tertiary/aromatic N) is 1. The summed E-state index contributed by atoms with van der Waals surface area (Å²) in [7, 11) is 0. The summed E-state index contributed by atoms with van der Waals surface area (Å²) in [6.45, 7) is 0.247. The van der Waals surface area contributed by atoms with Gasteiger partial charge in [-0.3, -0.25) is 4.79 Å². The Morgan fingerprint density at radius 1 is 1.29 bits per heavy atom.